The summed E-state index contributed by atoms with van der Waals surface area (Å²) in [5, 5.41) is 15.4. The van der Waals surface area contributed by atoms with Crippen molar-refractivity contribution in [3.8, 4) is 0 Å². The summed E-state index contributed by atoms with van der Waals surface area (Å²) >= 11 is 0. The zero-order valence-corrected chi connectivity index (χ0v) is 13.0. The van der Waals surface area contributed by atoms with Crippen molar-refractivity contribution < 1.29 is 19.8 Å². The molecule has 0 amide bonds. The Kier molecular flexibility index (Phi) is 20.3. The second-order valence-corrected chi connectivity index (χ2v) is 3.03. The van der Waals surface area contributed by atoms with Gasteiger partial charge >= 0.3 is 49.7 Å². The zero-order valence-electron chi connectivity index (χ0n) is 10.8. The van der Waals surface area contributed by atoms with Gasteiger partial charge in [0.2, 0.25) is 0 Å². The van der Waals surface area contributed by atoms with Crippen LogP contribution in [0.4, 0.5) is 0 Å². The van der Waals surface area contributed by atoms with Gasteiger partial charge in [0.25, 0.3) is 0 Å². The van der Waals surface area contributed by atoms with Crippen LogP contribution in [0.25, 0.3) is 0 Å². The number of hydrogen-bond donors (Lipinski definition) is 2. The molecule has 0 unspecified atom stereocenters. The smallest absolute Gasteiger partial charge is 0.481 e. The quantitative estimate of drug-likeness (QED) is 0.494. The Bertz CT molecular complexity index is 300. The van der Waals surface area contributed by atoms with E-state index in [1.807, 2.05) is 50.6 Å². The van der Waals surface area contributed by atoms with Crippen LogP contribution in [-0.4, -0.2) is 59.9 Å². The topological polar surface area (TPSA) is 74.6 Å². The molecule has 0 aliphatic carbocycles. The average molecular weight is 278 g/mol. The van der Waals surface area contributed by atoms with Crippen molar-refractivity contribution in [1.29, 1.82) is 0 Å². The molecule has 0 saturated heterocycles. The largest absolute Gasteiger partial charge is 2.00 e. The molecule has 0 spiro atoms. The molecule has 18 heavy (non-hydrogen) atoms. The van der Waals surface area contributed by atoms with Gasteiger partial charge in [-0.1, -0.05) is 6.07 Å². The van der Waals surface area contributed by atoms with Gasteiger partial charge in [0.1, 0.15) is 6.42 Å². The van der Waals surface area contributed by atoms with Crippen molar-refractivity contribution in [2.45, 2.75) is 20.3 Å². The fourth-order valence-corrected chi connectivity index (χ4v) is 0.607. The van der Waals surface area contributed by atoms with Gasteiger partial charge in [-0.3, -0.25) is 9.59 Å². The zero-order chi connectivity index (χ0) is 13.7. The summed E-state index contributed by atoms with van der Waals surface area (Å²) in [6, 6.07) is 9.87. The van der Waals surface area contributed by atoms with Gasteiger partial charge in [0, 0.05) is 0 Å². The molecular formula is C13H18CaO4. The Morgan fingerprint density at radius 2 is 1.44 bits per heavy atom. The van der Waals surface area contributed by atoms with E-state index in [0.29, 0.717) is 0 Å². The molecule has 0 aliphatic rings. The summed E-state index contributed by atoms with van der Waals surface area (Å²) in [6.45, 7) is 7.72. The van der Waals surface area contributed by atoms with Gasteiger partial charge in [0.15, 0.2) is 0 Å². The third-order valence-corrected chi connectivity index (χ3v) is 1.15. The molecule has 5 heteroatoms. The summed E-state index contributed by atoms with van der Waals surface area (Å²) in [5.74, 6) is -2.62. The van der Waals surface area contributed by atoms with E-state index in [9.17, 15) is 9.59 Å². The number of carbonyl (C=O) groups is 2. The van der Waals surface area contributed by atoms with E-state index in [4.69, 9.17) is 10.2 Å². The first-order valence-corrected chi connectivity index (χ1v) is 4.98. The number of benzene rings is 1. The van der Waals surface area contributed by atoms with Crippen LogP contribution in [-0.2, 0) is 9.59 Å². The Balaban J connectivity index is -0.000000197. The molecule has 1 rings (SSSR count). The molecule has 1 aromatic carbocycles. The minimum Gasteiger partial charge on any atom is -0.481 e. The van der Waals surface area contributed by atoms with E-state index in [1.54, 1.807) is 0 Å². The normalized spacial score (nSPS) is 7.44. The van der Waals surface area contributed by atoms with Crippen LogP contribution in [0.2, 0.25) is 0 Å². The summed E-state index contributed by atoms with van der Waals surface area (Å²) in [7, 11) is 0. The van der Waals surface area contributed by atoms with Crippen molar-refractivity contribution in [2.24, 2.45) is 0 Å². The Labute approximate surface area is 138 Å². The molecule has 96 valence electrons. The van der Waals surface area contributed by atoms with E-state index >= 15 is 0 Å². The van der Waals surface area contributed by atoms with Crippen LogP contribution in [0.15, 0.2) is 30.3 Å². The predicted octanol–water partition coefficient (Wildman–Crippen LogP) is 2.26. The van der Waals surface area contributed by atoms with Crippen molar-refractivity contribution >= 4 is 49.7 Å². The standard InChI is InChI=1S/C7H7.C3H4O4.C3H7.Ca/c1-7-5-3-2-4-6-7;4-2(5)1-3(6)7;1-3-2;/h2-6H,1H2;1H2,(H,4,5)(H,6,7);3H,1-2H3;/q-1;;-1;+2. The van der Waals surface area contributed by atoms with Gasteiger partial charge in [-0.25, -0.2) is 0 Å². The molecule has 0 fully saturated rings. The van der Waals surface area contributed by atoms with E-state index in [0.717, 1.165) is 5.56 Å². The van der Waals surface area contributed by atoms with Gasteiger partial charge < -0.3 is 16.6 Å². The molecule has 0 bridgehead atoms. The molecule has 0 radical (unpaired) electrons. The summed E-state index contributed by atoms with van der Waals surface area (Å²) in [4.78, 5) is 18.9. The predicted molar refractivity (Wildman–Crippen MR) is 72.2 cm³/mol. The molecule has 0 saturated carbocycles. The number of rotatable bonds is 2. The van der Waals surface area contributed by atoms with Crippen LogP contribution >= 0.6 is 0 Å². The van der Waals surface area contributed by atoms with E-state index in [1.165, 1.54) is 0 Å². The van der Waals surface area contributed by atoms with Crippen LogP contribution in [0.3, 0.4) is 0 Å². The van der Waals surface area contributed by atoms with E-state index in [-0.39, 0.29) is 37.7 Å². The van der Waals surface area contributed by atoms with Crippen molar-refractivity contribution in [1.82, 2.24) is 0 Å². The maximum Gasteiger partial charge on any atom is 2.00 e. The van der Waals surface area contributed by atoms with Gasteiger partial charge in [-0.15, -0.1) is 12.1 Å². The maximum atomic E-state index is 9.43. The molecule has 0 aliphatic heterocycles. The number of hydrogen-bond acceptors (Lipinski definition) is 2. The van der Waals surface area contributed by atoms with Crippen molar-refractivity contribution in [3.05, 3.63) is 49.2 Å². The van der Waals surface area contributed by atoms with E-state index in [2.05, 4.69) is 6.92 Å². The Hall–Kier alpha value is -0.710. The number of carboxylic acid groups (broad SMARTS) is 2. The van der Waals surface area contributed by atoms with E-state index < -0.39 is 18.4 Å². The summed E-state index contributed by atoms with van der Waals surface area (Å²) in [5.41, 5.74) is 1.07. The Morgan fingerprint density at radius 3 is 1.56 bits per heavy atom. The second kappa shape index (κ2) is 16.3. The summed E-state index contributed by atoms with van der Waals surface area (Å²) in [6.07, 6.45) is 1.19. The third kappa shape index (κ3) is 24.5. The third-order valence-electron chi connectivity index (χ3n) is 1.15. The van der Waals surface area contributed by atoms with Crippen LogP contribution in [0.1, 0.15) is 25.8 Å². The van der Waals surface area contributed by atoms with Crippen LogP contribution in [0, 0.1) is 13.3 Å². The fraction of sp³-hybridized carbons (Fsp3) is 0.231. The minimum absolute atomic E-state index is 0. The van der Waals surface area contributed by atoms with Crippen LogP contribution in [0.5, 0.6) is 0 Å². The first-order chi connectivity index (χ1) is 7.93. The number of aliphatic carboxylic acids is 2. The molecule has 0 aromatic heterocycles. The second-order valence-electron chi connectivity index (χ2n) is 3.03. The SMILES string of the molecule is C[CH-]C.O=C(O)CC(=O)O.[CH2-]c1ccccc1.[Ca+2]. The average Bonchev–Trinajstić information content (AvgIpc) is 2.18. The van der Waals surface area contributed by atoms with Gasteiger partial charge in [0.05, 0.1) is 0 Å². The molecule has 0 heterocycles. The monoisotopic (exact) mass is 278 g/mol. The van der Waals surface area contributed by atoms with Crippen LogP contribution < -0.4 is 0 Å². The first kappa shape index (κ1) is 22.5. The molecule has 4 nitrogen and oxygen atoms in total. The number of carboxylic acids is 2. The van der Waals surface area contributed by atoms with Gasteiger partial charge in [-0.2, -0.15) is 38.5 Å². The van der Waals surface area contributed by atoms with Crippen molar-refractivity contribution in [2.75, 3.05) is 0 Å². The fourth-order valence-electron chi connectivity index (χ4n) is 0.607. The minimum atomic E-state index is -1.31. The molecular weight excluding hydrogens is 260 g/mol. The molecule has 1 aromatic rings. The van der Waals surface area contributed by atoms with Gasteiger partial charge in [-0.05, 0) is 0 Å². The van der Waals surface area contributed by atoms with Crippen molar-refractivity contribution in [3.63, 3.8) is 0 Å². The molecule has 0 atom stereocenters. The summed E-state index contributed by atoms with van der Waals surface area (Å²) < 4.78 is 0. The maximum absolute atomic E-state index is 9.43. The molecule has 2 N–H and O–H groups in total. The first-order valence-electron chi connectivity index (χ1n) is 4.98. The Morgan fingerprint density at radius 1 is 1.11 bits per heavy atom.